The molecule has 0 radical (unpaired) electrons. The Morgan fingerprint density at radius 2 is 2.35 bits per heavy atom. The Morgan fingerprint density at radius 1 is 1.53 bits per heavy atom. The van der Waals surface area contributed by atoms with Crippen LogP contribution in [0.4, 0.5) is 4.39 Å². The van der Waals surface area contributed by atoms with E-state index in [0.717, 1.165) is 11.3 Å². The van der Waals surface area contributed by atoms with E-state index in [4.69, 9.17) is 9.68 Å². The molecule has 5 heteroatoms. The van der Waals surface area contributed by atoms with Gasteiger partial charge in [-0.3, -0.25) is 0 Å². The highest BCUT2D eigenvalue weighted by atomic mass is 32.2. The molecule has 17 heavy (non-hydrogen) atoms. The maximum atomic E-state index is 13.1. The van der Waals surface area contributed by atoms with Crippen molar-refractivity contribution >= 4 is 11.8 Å². The number of rotatable bonds is 3. The molecule has 0 amide bonds. The van der Waals surface area contributed by atoms with Gasteiger partial charge in [0.05, 0.1) is 11.3 Å². The maximum absolute atomic E-state index is 13.1. The first kappa shape index (κ1) is 11.7. The second kappa shape index (κ2) is 5.02. The van der Waals surface area contributed by atoms with Gasteiger partial charge in [0.15, 0.2) is 0 Å². The van der Waals surface area contributed by atoms with Crippen LogP contribution >= 0.6 is 11.8 Å². The molecule has 0 saturated heterocycles. The van der Waals surface area contributed by atoms with Crippen LogP contribution in [0.2, 0.25) is 0 Å². The molecule has 0 aliphatic heterocycles. The Hall–Kier alpha value is -1.80. The first-order valence-electron chi connectivity index (χ1n) is 4.92. The van der Waals surface area contributed by atoms with Crippen molar-refractivity contribution in [1.29, 1.82) is 5.26 Å². The highest BCUT2D eigenvalue weighted by Gasteiger charge is 2.05. The number of hydrogen-bond donors (Lipinski definition) is 0. The van der Waals surface area contributed by atoms with Crippen LogP contribution < -0.4 is 0 Å². The Morgan fingerprint density at radius 3 is 3.00 bits per heavy atom. The normalized spacial score (nSPS) is 10.2. The predicted molar refractivity (Wildman–Crippen MR) is 61.9 cm³/mol. The van der Waals surface area contributed by atoms with E-state index in [2.05, 4.69) is 4.98 Å². The average Bonchev–Trinajstić information content (AvgIpc) is 2.74. The first-order chi connectivity index (χ1) is 8.19. The lowest BCUT2D eigenvalue weighted by atomic mass is 10.1. The van der Waals surface area contributed by atoms with E-state index in [0.29, 0.717) is 11.0 Å². The standard InChI is InChI=1S/C12H9FN2OS/c1-8-6-16-12(15-8)17-7-9-2-3-11(13)10(4-9)5-14/h2-4,6H,7H2,1H3. The number of halogens is 1. The lowest BCUT2D eigenvalue weighted by Crippen LogP contribution is -1.87. The molecule has 86 valence electrons. The Balaban J connectivity index is 2.07. The minimum Gasteiger partial charge on any atom is -0.440 e. The first-order valence-corrected chi connectivity index (χ1v) is 5.91. The predicted octanol–water partition coefficient (Wildman–Crippen LogP) is 3.29. The zero-order valence-electron chi connectivity index (χ0n) is 9.11. The summed E-state index contributed by atoms with van der Waals surface area (Å²) in [6.45, 7) is 1.85. The highest BCUT2D eigenvalue weighted by molar-refractivity contribution is 7.98. The number of nitriles is 1. The van der Waals surface area contributed by atoms with Crippen molar-refractivity contribution in [3.05, 3.63) is 47.1 Å². The lowest BCUT2D eigenvalue weighted by Gasteiger charge is -2.00. The van der Waals surface area contributed by atoms with Crippen molar-refractivity contribution in [2.24, 2.45) is 0 Å². The van der Waals surface area contributed by atoms with Gasteiger partial charge in [-0.05, 0) is 24.6 Å². The number of oxazole rings is 1. The van der Waals surface area contributed by atoms with Crippen LogP contribution in [0, 0.1) is 24.1 Å². The SMILES string of the molecule is Cc1coc(SCc2ccc(F)c(C#N)c2)n1. The van der Waals surface area contributed by atoms with Crippen LogP contribution in [0.15, 0.2) is 34.1 Å². The maximum Gasteiger partial charge on any atom is 0.256 e. The molecule has 2 rings (SSSR count). The molecule has 1 aromatic heterocycles. The second-order valence-electron chi connectivity index (χ2n) is 3.47. The number of thioether (sulfide) groups is 1. The van der Waals surface area contributed by atoms with E-state index in [1.807, 2.05) is 13.0 Å². The summed E-state index contributed by atoms with van der Waals surface area (Å²) in [6.07, 6.45) is 1.58. The van der Waals surface area contributed by atoms with Gasteiger partial charge < -0.3 is 4.42 Å². The van der Waals surface area contributed by atoms with Crippen molar-refractivity contribution in [2.45, 2.75) is 17.9 Å². The van der Waals surface area contributed by atoms with E-state index in [1.165, 1.54) is 23.9 Å². The third-order valence-electron chi connectivity index (χ3n) is 2.11. The van der Waals surface area contributed by atoms with E-state index >= 15 is 0 Å². The smallest absolute Gasteiger partial charge is 0.256 e. The van der Waals surface area contributed by atoms with Gasteiger partial charge in [-0.15, -0.1) is 0 Å². The molecular formula is C12H9FN2OS. The Labute approximate surface area is 102 Å². The van der Waals surface area contributed by atoms with Crippen LogP contribution in [-0.4, -0.2) is 4.98 Å². The van der Waals surface area contributed by atoms with Crippen LogP contribution in [0.25, 0.3) is 0 Å². The number of aryl methyl sites for hydroxylation is 1. The van der Waals surface area contributed by atoms with Crippen LogP contribution in [0.5, 0.6) is 0 Å². The molecule has 0 bridgehead atoms. The largest absolute Gasteiger partial charge is 0.440 e. The molecule has 1 heterocycles. The van der Waals surface area contributed by atoms with E-state index in [-0.39, 0.29) is 5.56 Å². The summed E-state index contributed by atoms with van der Waals surface area (Å²) in [5.41, 5.74) is 1.75. The summed E-state index contributed by atoms with van der Waals surface area (Å²) in [5, 5.41) is 9.28. The lowest BCUT2D eigenvalue weighted by molar-refractivity contribution is 0.454. The zero-order valence-corrected chi connectivity index (χ0v) is 9.92. The molecule has 3 nitrogen and oxygen atoms in total. The number of benzene rings is 1. The quantitative estimate of drug-likeness (QED) is 0.782. The summed E-state index contributed by atoms with van der Waals surface area (Å²) < 4.78 is 18.3. The minimum absolute atomic E-state index is 0.0617. The topological polar surface area (TPSA) is 49.8 Å². The fraction of sp³-hybridized carbons (Fsp3) is 0.167. The van der Waals surface area contributed by atoms with Gasteiger partial charge >= 0.3 is 0 Å². The molecule has 0 atom stereocenters. The summed E-state index contributed by atoms with van der Waals surface area (Å²) >= 11 is 1.41. The summed E-state index contributed by atoms with van der Waals surface area (Å²) in [7, 11) is 0. The fourth-order valence-electron chi connectivity index (χ4n) is 1.29. The molecule has 0 spiro atoms. The molecule has 0 unspecified atom stereocenters. The van der Waals surface area contributed by atoms with Gasteiger partial charge in [0, 0.05) is 5.75 Å². The van der Waals surface area contributed by atoms with Gasteiger partial charge in [-0.2, -0.15) is 5.26 Å². The van der Waals surface area contributed by atoms with Crippen LogP contribution in [0.1, 0.15) is 16.8 Å². The van der Waals surface area contributed by atoms with Crippen molar-refractivity contribution in [3.63, 3.8) is 0 Å². The third kappa shape index (κ3) is 2.86. The molecule has 0 aliphatic rings. The summed E-state index contributed by atoms with van der Waals surface area (Å²) in [4.78, 5) is 4.14. The van der Waals surface area contributed by atoms with E-state index in [9.17, 15) is 4.39 Å². The van der Waals surface area contributed by atoms with Gasteiger partial charge in [0.2, 0.25) is 0 Å². The van der Waals surface area contributed by atoms with Crippen LogP contribution in [0.3, 0.4) is 0 Å². The number of nitrogens with zero attached hydrogens (tertiary/aromatic N) is 2. The van der Waals surface area contributed by atoms with E-state index < -0.39 is 5.82 Å². The molecule has 0 N–H and O–H groups in total. The van der Waals surface area contributed by atoms with Crippen LogP contribution in [-0.2, 0) is 5.75 Å². The number of aromatic nitrogens is 1. The molecule has 2 aromatic rings. The third-order valence-corrected chi connectivity index (χ3v) is 3.02. The Bertz CT molecular complexity index is 574. The van der Waals surface area contributed by atoms with E-state index in [1.54, 1.807) is 12.3 Å². The van der Waals surface area contributed by atoms with Gasteiger partial charge in [0.1, 0.15) is 18.1 Å². The van der Waals surface area contributed by atoms with Crippen molar-refractivity contribution in [3.8, 4) is 6.07 Å². The van der Waals surface area contributed by atoms with Gasteiger partial charge in [-0.25, -0.2) is 9.37 Å². The van der Waals surface area contributed by atoms with Gasteiger partial charge in [-0.1, -0.05) is 17.8 Å². The minimum atomic E-state index is -0.492. The number of hydrogen-bond acceptors (Lipinski definition) is 4. The molecule has 0 saturated carbocycles. The summed E-state index contributed by atoms with van der Waals surface area (Å²) in [5.74, 6) is 0.0998. The second-order valence-corrected chi connectivity index (χ2v) is 4.40. The van der Waals surface area contributed by atoms with Crippen molar-refractivity contribution in [2.75, 3.05) is 0 Å². The average molecular weight is 248 g/mol. The monoisotopic (exact) mass is 248 g/mol. The fourth-order valence-corrected chi connectivity index (χ4v) is 2.09. The molecule has 0 fully saturated rings. The van der Waals surface area contributed by atoms with Crippen molar-refractivity contribution < 1.29 is 8.81 Å². The summed E-state index contributed by atoms with van der Waals surface area (Å²) in [6, 6.07) is 6.31. The Kier molecular flexibility index (Phi) is 3.45. The molecular weight excluding hydrogens is 239 g/mol. The molecule has 1 aromatic carbocycles. The highest BCUT2D eigenvalue weighted by Crippen LogP contribution is 2.22. The zero-order chi connectivity index (χ0) is 12.3. The molecule has 0 aliphatic carbocycles. The van der Waals surface area contributed by atoms with Gasteiger partial charge in [0.25, 0.3) is 5.22 Å². The van der Waals surface area contributed by atoms with Crippen molar-refractivity contribution in [1.82, 2.24) is 4.98 Å².